The minimum atomic E-state index is 0.0510. The van der Waals surface area contributed by atoms with Crippen LogP contribution in [0.3, 0.4) is 0 Å². The summed E-state index contributed by atoms with van der Waals surface area (Å²) in [5.41, 5.74) is 5.90. The highest BCUT2D eigenvalue weighted by Gasteiger charge is 2.25. The Hall–Kier alpha value is -1.07. The van der Waals surface area contributed by atoms with Gasteiger partial charge in [0.25, 0.3) is 5.91 Å². The second-order valence-corrected chi connectivity index (χ2v) is 5.66. The molecule has 4 nitrogen and oxygen atoms in total. The van der Waals surface area contributed by atoms with Crippen molar-refractivity contribution in [3.63, 3.8) is 0 Å². The van der Waals surface area contributed by atoms with Gasteiger partial charge in [0.1, 0.15) is 10.6 Å². The zero-order valence-electron chi connectivity index (χ0n) is 10.2. The third kappa shape index (κ3) is 2.61. The molecule has 94 valence electrons. The largest absolute Gasteiger partial charge is 0.495 e. The first-order chi connectivity index (χ1) is 8.11. The summed E-state index contributed by atoms with van der Waals surface area (Å²) in [5.74, 6) is 0.728. The second kappa shape index (κ2) is 5.06. The average molecular weight is 254 g/mol. The predicted octanol–water partition coefficient (Wildman–Crippen LogP) is 1.63. The van der Waals surface area contributed by atoms with E-state index in [4.69, 9.17) is 10.5 Å². The smallest absolute Gasteiger partial charge is 0.267 e. The SMILES string of the molecule is COc1cc(C)sc1C(=O)N1CCC[C@H](N)C1. The van der Waals surface area contributed by atoms with Crippen LogP contribution >= 0.6 is 11.3 Å². The van der Waals surface area contributed by atoms with Crippen LogP contribution in [0.2, 0.25) is 0 Å². The third-order valence-corrected chi connectivity index (χ3v) is 4.00. The van der Waals surface area contributed by atoms with Gasteiger partial charge in [0.15, 0.2) is 0 Å². The van der Waals surface area contributed by atoms with Gasteiger partial charge < -0.3 is 15.4 Å². The Bertz CT molecular complexity index is 417. The Morgan fingerprint density at radius 1 is 1.65 bits per heavy atom. The lowest BCUT2D eigenvalue weighted by atomic mass is 10.1. The first-order valence-corrected chi connectivity index (χ1v) is 6.62. The van der Waals surface area contributed by atoms with Crippen LogP contribution in [0.5, 0.6) is 5.75 Å². The van der Waals surface area contributed by atoms with Gasteiger partial charge >= 0.3 is 0 Å². The predicted molar refractivity (Wildman–Crippen MR) is 68.7 cm³/mol. The molecule has 0 aliphatic carbocycles. The Morgan fingerprint density at radius 3 is 3.06 bits per heavy atom. The molecular formula is C12H18N2O2S. The molecule has 0 aromatic carbocycles. The number of nitrogens with two attached hydrogens (primary N) is 1. The summed E-state index contributed by atoms with van der Waals surface area (Å²) >= 11 is 1.48. The first-order valence-electron chi connectivity index (χ1n) is 5.81. The molecule has 1 saturated heterocycles. The van der Waals surface area contributed by atoms with Crippen molar-refractivity contribution in [1.82, 2.24) is 4.90 Å². The van der Waals surface area contributed by atoms with E-state index in [0.29, 0.717) is 17.2 Å². The summed E-state index contributed by atoms with van der Waals surface area (Å²) in [6, 6.07) is 2.02. The molecule has 1 fully saturated rings. The van der Waals surface area contributed by atoms with E-state index in [-0.39, 0.29) is 11.9 Å². The van der Waals surface area contributed by atoms with Gasteiger partial charge in [-0.2, -0.15) is 0 Å². The number of ether oxygens (including phenoxy) is 1. The molecule has 2 heterocycles. The van der Waals surface area contributed by atoms with E-state index < -0.39 is 0 Å². The van der Waals surface area contributed by atoms with Gasteiger partial charge in [-0.05, 0) is 25.8 Å². The van der Waals surface area contributed by atoms with Crippen LogP contribution in [0.15, 0.2) is 6.07 Å². The molecule has 0 spiro atoms. The van der Waals surface area contributed by atoms with Crippen LogP contribution in [0.4, 0.5) is 0 Å². The lowest BCUT2D eigenvalue weighted by Gasteiger charge is -2.30. The molecule has 5 heteroatoms. The fraction of sp³-hybridized carbons (Fsp3) is 0.583. The topological polar surface area (TPSA) is 55.6 Å². The van der Waals surface area contributed by atoms with Crippen LogP contribution in [-0.2, 0) is 0 Å². The van der Waals surface area contributed by atoms with Crippen LogP contribution < -0.4 is 10.5 Å². The summed E-state index contributed by atoms with van der Waals surface area (Å²) in [6.07, 6.45) is 1.99. The summed E-state index contributed by atoms with van der Waals surface area (Å²) in [4.78, 5) is 16.0. The second-order valence-electron chi connectivity index (χ2n) is 4.41. The van der Waals surface area contributed by atoms with Gasteiger partial charge in [-0.3, -0.25) is 4.79 Å². The Labute approximate surface area is 105 Å². The van der Waals surface area contributed by atoms with Gasteiger partial charge in [-0.15, -0.1) is 11.3 Å². The molecule has 1 aromatic heterocycles. The molecule has 0 saturated carbocycles. The molecule has 0 radical (unpaired) electrons. The van der Waals surface area contributed by atoms with Crippen molar-refractivity contribution in [3.8, 4) is 5.75 Å². The Morgan fingerprint density at radius 2 is 2.41 bits per heavy atom. The number of carbonyl (C=O) groups is 1. The maximum Gasteiger partial charge on any atom is 0.267 e. The normalized spacial score (nSPS) is 20.4. The molecular weight excluding hydrogens is 236 g/mol. The summed E-state index contributed by atoms with van der Waals surface area (Å²) in [5, 5.41) is 0. The number of thiophene rings is 1. The van der Waals surface area contributed by atoms with E-state index in [1.54, 1.807) is 7.11 Å². The monoisotopic (exact) mass is 254 g/mol. The number of amides is 1. The molecule has 17 heavy (non-hydrogen) atoms. The van der Waals surface area contributed by atoms with E-state index in [9.17, 15) is 4.79 Å². The van der Waals surface area contributed by atoms with Gasteiger partial charge in [-0.1, -0.05) is 0 Å². The minimum Gasteiger partial charge on any atom is -0.495 e. The number of piperidine rings is 1. The van der Waals surface area contributed by atoms with Gasteiger partial charge in [-0.25, -0.2) is 0 Å². The highest BCUT2D eigenvalue weighted by molar-refractivity contribution is 7.14. The molecule has 1 amide bonds. The van der Waals surface area contributed by atoms with Crippen molar-refractivity contribution >= 4 is 17.2 Å². The lowest BCUT2D eigenvalue weighted by molar-refractivity contribution is 0.0710. The van der Waals surface area contributed by atoms with Crippen molar-refractivity contribution in [1.29, 1.82) is 0 Å². The van der Waals surface area contributed by atoms with Crippen molar-refractivity contribution in [2.24, 2.45) is 5.73 Å². The first kappa shape index (κ1) is 12.4. The van der Waals surface area contributed by atoms with Gasteiger partial charge in [0, 0.05) is 24.0 Å². The summed E-state index contributed by atoms with van der Waals surface area (Å²) < 4.78 is 5.24. The third-order valence-electron chi connectivity index (χ3n) is 2.98. The summed E-state index contributed by atoms with van der Waals surface area (Å²) in [7, 11) is 1.60. The average Bonchev–Trinajstić information content (AvgIpc) is 2.69. The molecule has 2 N–H and O–H groups in total. The van der Waals surface area contributed by atoms with Crippen molar-refractivity contribution in [3.05, 3.63) is 15.8 Å². The number of methoxy groups -OCH3 is 1. The fourth-order valence-electron chi connectivity index (χ4n) is 2.13. The highest BCUT2D eigenvalue weighted by atomic mass is 32.1. The number of hydrogen-bond acceptors (Lipinski definition) is 4. The molecule has 0 unspecified atom stereocenters. The quantitative estimate of drug-likeness (QED) is 0.872. The Kier molecular flexibility index (Phi) is 3.69. The molecule has 1 aromatic rings. The molecule has 1 atom stereocenters. The van der Waals surface area contributed by atoms with E-state index >= 15 is 0 Å². The highest BCUT2D eigenvalue weighted by Crippen LogP contribution is 2.30. The standard InChI is InChI=1S/C12H18N2O2S/c1-8-6-10(16-2)11(17-8)12(15)14-5-3-4-9(13)7-14/h6,9H,3-5,7,13H2,1-2H3/t9-/m0/s1. The van der Waals surface area contributed by atoms with E-state index in [1.807, 2.05) is 17.9 Å². The van der Waals surface area contributed by atoms with Crippen molar-refractivity contribution in [2.45, 2.75) is 25.8 Å². The summed E-state index contributed by atoms with van der Waals surface area (Å²) in [6.45, 7) is 3.43. The molecule has 2 rings (SSSR count). The maximum atomic E-state index is 12.3. The van der Waals surface area contributed by atoms with E-state index in [0.717, 1.165) is 24.3 Å². The molecule has 1 aliphatic heterocycles. The molecule has 1 aliphatic rings. The number of nitrogens with zero attached hydrogens (tertiary/aromatic N) is 1. The number of hydrogen-bond donors (Lipinski definition) is 1. The van der Waals surface area contributed by atoms with Crippen LogP contribution in [0.1, 0.15) is 27.4 Å². The number of aryl methyl sites for hydroxylation is 1. The van der Waals surface area contributed by atoms with Gasteiger partial charge in [0.05, 0.1) is 7.11 Å². The van der Waals surface area contributed by atoms with E-state index in [1.165, 1.54) is 11.3 Å². The van der Waals surface area contributed by atoms with Gasteiger partial charge in [0.2, 0.25) is 0 Å². The zero-order chi connectivity index (χ0) is 12.4. The van der Waals surface area contributed by atoms with Crippen LogP contribution in [0, 0.1) is 6.92 Å². The lowest BCUT2D eigenvalue weighted by Crippen LogP contribution is -2.45. The molecule has 0 bridgehead atoms. The minimum absolute atomic E-state index is 0.0510. The maximum absolute atomic E-state index is 12.3. The van der Waals surface area contributed by atoms with Crippen LogP contribution in [-0.4, -0.2) is 37.0 Å². The zero-order valence-corrected chi connectivity index (χ0v) is 11.0. The number of rotatable bonds is 2. The fourth-order valence-corrected chi connectivity index (χ4v) is 3.08. The van der Waals surface area contributed by atoms with E-state index in [2.05, 4.69) is 0 Å². The van der Waals surface area contributed by atoms with Crippen molar-refractivity contribution in [2.75, 3.05) is 20.2 Å². The number of likely N-dealkylation sites (tertiary alicyclic amines) is 1. The number of carbonyl (C=O) groups excluding carboxylic acids is 1. The van der Waals surface area contributed by atoms with Crippen LogP contribution in [0.25, 0.3) is 0 Å². The van der Waals surface area contributed by atoms with Crippen molar-refractivity contribution < 1.29 is 9.53 Å². The Balaban J connectivity index is 2.18.